The number of hydrogen-bond acceptors (Lipinski definition) is 3. The highest BCUT2D eigenvalue weighted by molar-refractivity contribution is 5.94. The van der Waals surface area contributed by atoms with Crippen LogP contribution in [-0.2, 0) is 6.54 Å². The molecule has 0 unspecified atom stereocenters. The minimum Gasteiger partial charge on any atom is -0.508 e. The van der Waals surface area contributed by atoms with Crippen LogP contribution in [0.3, 0.4) is 0 Å². The fourth-order valence-electron chi connectivity index (χ4n) is 2.62. The maximum atomic E-state index is 13.0. The highest BCUT2D eigenvalue weighted by Crippen LogP contribution is 2.10. The summed E-state index contributed by atoms with van der Waals surface area (Å²) in [7, 11) is 1.93. The van der Waals surface area contributed by atoms with Crippen molar-refractivity contribution in [1.82, 2.24) is 15.5 Å². The molecule has 0 heterocycles. The summed E-state index contributed by atoms with van der Waals surface area (Å²) in [4.78, 5) is 18.6. The minimum atomic E-state index is -0.250. The van der Waals surface area contributed by atoms with Crippen molar-refractivity contribution in [1.29, 1.82) is 0 Å². The first kappa shape index (κ1) is 21.2. The number of hydrogen-bond donors (Lipinski definition) is 3. The predicted octanol–water partition coefficient (Wildman–Crippen LogP) is 2.75. The second-order valence-electron chi connectivity index (χ2n) is 6.38. The predicted molar refractivity (Wildman–Crippen MR) is 109 cm³/mol. The summed E-state index contributed by atoms with van der Waals surface area (Å²) in [6.07, 6.45) is 0.684. The van der Waals surface area contributed by atoms with Crippen LogP contribution >= 0.6 is 0 Å². The van der Waals surface area contributed by atoms with Gasteiger partial charge in [-0.05, 0) is 49.2 Å². The molecule has 6 nitrogen and oxygen atoms in total. The number of carbonyl (C=O) groups excluding carboxylic acids is 1. The zero-order valence-electron chi connectivity index (χ0n) is 16.3. The van der Waals surface area contributed by atoms with Gasteiger partial charge in [-0.15, -0.1) is 0 Å². The third kappa shape index (κ3) is 6.90. The molecule has 1 amide bonds. The molecule has 28 heavy (non-hydrogen) atoms. The first-order valence-corrected chi connectivity index (χ1v) is 9.30. The molecule has 150 valence electrons. The normalized spacial score (nSPS) is 11.2. The fraction of sp³-hybridized carbons (Fsp3) is 0.333. The van der Waals surface area contributed by atoms with E-state index in [9.17, 15) is 14.3 Å². The topological polar surface area (TPSA) is 77.0 Å². The molecule has 0 aromatic heterocycles. The molecule has 0 spiro atoms. The molecule has 0 atom stereocenters. The quantitative estimate of drug-likeness (QED) is 0.370. The Morgan fingerprint density at radius 1 is 1.18 bits per heavy atom. The van der Waals surface area contributed by atoms with E-state index in [0.717, 1.165) is 18.1 Å². The Labute approximate surface area is 165 Å². The summed E-state index contributed by atoms with van der Waals surface area (Å²) in [5, 5.41) is 15.5. The van der Waals surface area contributed by atoms with Gasteiger partial charge in [0.2, 0.25) is 0 Å². The number of aromatic hydroxyl groups is 1. The van der Waals surface area contributed by atoms with Crippen LogP contribution in [0.5, 0.6) is 5.75 Å². The van der Waals surface area contributed by atoms with Crippen molar-refractivity contribution in [3.63, 3.8) is 0 Å². The van der Waals surface area contributed by atoms with Crippen molar-refractivity contribution in [2.75, 3.05) is 26.7 Å². The van der Waals surface area contributed by atoms with Gasteiger partial charge >= 0.3 is 0 Å². The van der Waals surface area contributed by atoms with Gasteiger partial charge in [0, 0.05) is 38.8 Å². The summed E-state index contributed by atoms with van der Waals surface area (Å²) in [5.74, 6) is 0.350. The van der Waals surface area contributed by atoms with E-state index in [1.807, 2.05) is 18.9 Å². The van der Waals surface area contributed by atoms with Crippen LogP contribution in [0, 0.1) is 5.82 Å². The molecule has 2 aromatic carbocycles. The molecule has 0 bridgehead atoms. The highest BCUT2D eigenvalue weighted by Gasteiger charge is 2.07. The third-order valence-corrected chi connectivity index (χ3v) is 4.02. The van der Waals surface area contributed by atoms with Gasteiger partial charge in [0.05, 0.1) is 0 Å². The third-order valence-electron chi connectivity index (χ3n) is 4.02. The molecule has 0 aliphatic carbocycles. The van der Waals surface area contributed by atoms with Gasteiger partial charge in [-0.2, -0.15) is 0 Å². The molecule has 0 saturated carbocycles. The van der Waals surface area contributed by atoms with Gasteiger partial charge in [-0.25, -0.2) is 4.39 Å². The Morgan fingerprint density at radius 3 is 2.61 bits per heavy atom. The second kappa shape index (κ2) is 10.9. The molecule has 0 aliphatic heterocycles. The minimum absolute atomic E-state index is 0.0664. The van der Waals surface area contributed by atoms with Crippen molar-refractivity contribution in [3.8, 4) is 5.75 Å². The number of aliphatic imine (C=N–C) groups is 1. The van der Waals surface area contributed by atoms with E-state index in [1.165, 1.54) is 24.3 Å². The summed E-state index contributed by atoms with van der Waals surface area (Å²) in [6, 6.07) is 12.6. The van der Waals surface area contributed by atoms with Gasteiger partial charge < -0.3 is 20.6 Å². The summed E-state index contributed by atoms with van der Waals surface area (Å²) < 4.78 is 13.0. The number of nitrogens with one attached hydrogen (secondary N) is 2. The molecule has 0 saturated heterocycles. The van der Waals surface area contributed by atoms with Gasteiger partial charge in [0.15, 0.2) is 5.96 Å². The molecule has 2 aromatic rings. The van der Waals surface area contributed by atoms with E-state index in [2.05, 4.69) is 15.6 Å². The Kier molecular flexibility index (Phi) is 8.27. The van der Waals surface area contributed by atoms with Crippen LogP contribution in [0.1, 0.15) is 29.3 Å². The van der Waals surface area contributed by atoms with E-state index in [1.54, 1.807) is 24.3 Å². The lowest BCUT2D eigenvalue weighted by Gasteiger charge is -2.22. The van der Waals surface area contributed by atoms with Crippen molar-refractivity contribution in [2.24, 2.45) is 4.99 Å². The van der Waals surface area contributed by atoms with Crippen LogP contribution in [-0.4, -0.2) is 48.6 Å². The molecule has 7 heteroatoms. The molecule has 2 rings (SSSR count). The van der Waals surface area contributed by atoms with Gasteiger partial charge in [-0.1, -0.05) is 18.2 Å². The lowest BCUT2D eigenvalue weighted by Crippen LogP contribution is -2.38. The highest BCUT2D eigenvalue weighted by atomic mass is 19.1. The Morgan fingerprint density at radius 2 is 1.93 bits per heavy atom. The monoisotopic (exact) mass is 386 g/mol. The number of halogens is 1. The number of phenols is 1. The molecule has 3 N–H and O–H groups in total. The average molecular weight is 386 g/mol. The fourth-order valence-corrected chi connectivity index (χ4v) is 2.62. The molecular weight excluding hydrogens is 359 g/mol. The average Bonchev–Trinajstić information content (AvgIpc) is 2.68. The van der Waals surface area contributed by atoms with E-state index in [0.29, 0.717) is 31.6 Å². The summed E-state index contributed by atoms with van der Waals surface area (Å²) >= 11 is 0. The van der Waals surface area contributed by atoms with E-state index in [4.69, 9.17) is 0 Å². The van der Waals surface area contributed by atoms with E-state index < -0.39 is 0 Å². The maximum Gasteiger partial charge on any atom is 0.251 e. The Bertz CT molecular complexity index is 793. The number of benzene rings is 2. The molecule has 0 fully saturated rings. The van der Waals surface area contributed by atoms with Gasteiger partial charge in [-0.3, -0.25) is 9.79 Å². The SMILES string of the molecule is CCNC(=NCCCNC(=O)c1cccc(O)c1)N(C)Cc1ccc(F)cc1. The largest absolute Gasteiger partial charge is 0.508 e. The number of amides is 1. The number of carbonyl (C=O) groups is 1. The van der Waals surface area contributed by atoms with Gasteiger partial charge in [0.25, 0.3) is 5.91 Å². The van der Waals surface area contributed by atoms with Crippen molar-refractivity contribution in [3.05, 3.63) is 65.5 Å². The smallest absolute Gasteiger partial charge is 0.251 e. The first-order chi connectivity index (χ1) is 13.5. The Balaban J connectivity index is 1.81. The van der Waals surface area contributed by atoms with Crippen LogP contribution < -0.4 is 10.6 Å². The Hall–Kier alpha value is -3.09. The lowest BCUT2D eigenvalue weighted by molar-refractivity contribution is 0.0953. The van der Waals surface area contributed by atoms with Crippen molar-refractivity contribution >= 4 is 11.9 Å². The van der Waals surface area contributed by atoms with Crippen molar-refractivity contribution < 1.29 is 14.3 Å². The van der Waals surface area contributed by atoms with Crippen molar-refractivity contribution in [2.45, 2.75) is 19.9 Å². The molecule has 0 aliphatic rings. The molecular formula is C21H27FN4O2. The number of rotatable bonds is 8. The zero-order valence-corrected chi connectivity index (χ0v) is 16.3. The second-order valence-corrected chi connectivity index (χ2v) is 6.38. The van der Waals surface area contributed by atoms with E-state index in [-0.39, 0.29) is 17.5 Å². The summed E-state index contributed by atoms with van der Waals surface area (Å²) in [5.41, 5.74) is 1.42. The lowest BCUT2D eigenvalue weighted by atomic mass is 10.2. The maximum absolute atomic E-state index is 13.0. The first-order valence-electron chi connectivity index (χ1n) is 9.30. The summed E-state index contributed by atoms with van der Waals surface area (Å²) in [6.45, 7) is 4.38. The van der Waals surface area contributed by atoms with Crippen LogP contribution in [0.15, 0.2) is 53.5 Å². The number of guanidine groups is 1. The van der Waals surface area contributed by atoms with Crippen LogP contribution in [0.2, 0.25) is 0 Å². The van der Waals surface area contributed by atoms with Gasteiger partial charge in [0.1, 0.15) is 11.6 Å². The molecule has 0 radical (unpaired) electrons. The number of nitrogens with zero attached hydrogens (tertiary/aromatic N) is 2. The van der Waals surface area contributed by atoms with E-state index >= 15 is 0 Å². The number of phenolic OH excluding ortho intramolecular Hbond substituents is 1. The zero-order chi connectivity index (χ0) is 20.4. The van der Waals surface area contributed by atoms with Crippen LogP contribution in [0.25, 0.3) is 0 Å². The standard InChI is InChI=1S/C21H27FN4O2/c1-3-23-21(26(2)15-16-8-10-18(22)11-9-16)25-13-5-12-24-20(28)17-6-4-7-19(27)14-17/h4,6-11,14,27H,3,5,12-13,15H2,1-2H3,(H,23,25)(H,24,28). The van der Waals surface area contributed by atoms with Crippen LogP contribution in [0.4, 0.5) is 4.39 Å².